The Morgan fingerprint density at radius 1 is 1.07 bits per heavy atom. The molecule has 0 bridgehead atoms. The van der Waals surface area contributed by atoms with Crippen LogP contribution in [0.1, 0.15) is 16.8 Å². The van der Waals surface area contributed by atoms with Gasteiger partial charge in [0.2, 0.25) is 11.8 Å². The van der Waals surface area contributed by atoms with E-state index in [0.29, 0.717) is 22.2 Å². The monoisotopic (exact) mass is 451 g/mol. The number of hydrazine groups is 1. The van der Waals surface area contributed by atoms with E-state index in [9.17, 15) is 14.4 Å². The maximum atomic E-state index is 12.5. The van der Waals surface area contributed by atoms with Gasteiger partial charge in [0.1, 0.15) is 11.5 Å². The van der Waals surface area contributed by atoms with Crippen LogP contribution in [0.15, 0.2) is 36.4 Å². The number of nitrogens with one attached hydrogen (secondary N) is 2. The van der Waals surface area contributed by atoms with Crippen molar-refractivity contribution in [2.45, 2.75) is 6.42 Å². The van der Waals surface area contributed by atoms with Gasteiger partial charge in [0.25, 0.3) is 5.91 Å². The summed E-state index contributed by atoms with van der Waals surface area (Å²) in [6.07, 6.45) is -0.0139. The Balaban J connectivity index is 1.67. The molecule has 3 rings (SSSR count). The van der Waals surface area contributed by atoms with Crippen LogP contribution in [0.25, 0.3) is 0 Å². The lowest BCUT2D eigenvalue weighted by molar-refractivity contribution is -0.126. The fourth-order valence-corrected chi connectivity index (χ4v) is 3.46. The molecule has 8 nitrogen and oxygen atoms in total. The molecule has 0 radical (unpaired) electrons. The predicted molar refractivity (Wildman–Crippen MR) is 112 cm³/mol. The van der Waals surface area contributed by atoms with Crippen LogP contribution in [0.4, 0.5) is 5.69 Å². The number of benzene rings is 2. The van der Waals surface area contributed by atoms with Crippen molar-refractivity contribution < 1.29 is 23.9 Å². The van der Waals surface area contributed by atoms with E-state index >= 15 is 0 Å². The zero-order chi connectivity index (χ0) is 21.8. The fraction of sp³-hybridized carbons (Fsp3) is 0.250. The molecule has 1 heterocycles. The zero-order valence-corrected chi connectivity index (χ0v) is 17.7. The van der Waals surface area contributed by atoms with Gasteiger partial charge in [-0.2, -0.15) is 0 Å². The second-order valence-electron chi connectivity index (χ2n) is 6.51. The molecular formula is C20H19Cl2N3O5. The van der Waals surface area contributed by atoms with Crippen molar-refractivity contribution >= 4 is 46.6 Å². The largest absolute Gasteiger partial charge is 0.497 e. The molecule has 158 valence electrons. The molecule has 2 aromatic carbocycles. The number of anilines is 1. The summed E-state index contributed by atoms with van der Waals surface area (Å²) in [7, 11) is 3.01. The molecule has 0 aliphatic carbocycles. The maximum Gasteiger partial charge on any atom is 0.271 e. The van der Waals surface area contributed by atoms with Crippen molar-refractivity contribution in [3.8, 4) is 11.5 Å². The average Bonchev–Trinajstić information content (AvgIpc) is 3.14. The molecule has 1 unspecified atom stereocenters. The number of hydrogen-bond donors (Lipinski definition) is 2. The number of carbonyl (C=O) groups is 3. The number of rotatable bonds is 5. The molecule has 3 amide bonds. The molecule has 1 atom stereocenters. The average molecular weight is 452 g/mol. The summed E-state index contributed by atoms with van der Waals surface area (Å²) in [6.45, 7) is 0.127. The number of carbonyl (C=O) groups excluding carboxylic acids is 3. The highest BCUT2D eigenvalue weighted by Crippen LogP contribution is 2.36. The number of amides is 3. The van der Waals surface area contributed by atoms with Crippen molar-refractivity contribution in [3.63, 3.8) is 0 Å². The van der Waals surface area contributed by atoms with Crippen molar-refractivity contribution in [1.82, 2.24) is 10.9 Å². The standard InChI is InChI=1S/C20H19Cl2N3O5/c1-29-13-4-6-17(30-2)16(9-13)25-10-11(7-18(25)26)19(27)23-24-20(28)14-8-12(21)3-5-15(14)22/h3-6,8-9,11H,7,10H2,1-2H3,(H,23,27)(H,24,28). The van der Waals surface area contributed by atoms with Crippen LogP contribution >= 0.6 is 23.2 Å². The van der Waals surface area contributed by atoms with Gasteiger partial charge in [-0.25, -0.2) is 0 Å². The normalized spacial score (nSPS) is 15.7. The summed E-state index contributed by atoms with van der Waals surface area (Å²) in [4.78, 5) is 38.8. The van der Waals surface area contributed by atoms with E-state index in [1.165, 1.54) is 31.3 Å². The first-order valence-corrected chi connectivity index (χ1v) is 9.67. The van der Waals surface area contributed by atoms with Crippen LogP contribution in [-0.4, -0.2) is 38.5 Å². The smallest absolute Gasteiger partial charge is 0.271 e. The van der Waals surface area contributed by atoms with Crippen LogP contribution in [0.2, 0.25) is 10.0 Å². The summed E-state index contributed by atoms with van der Waals surface area (Å²) < 4.78 is 10.5. The molecule has 1 fully saturated rings. The first-order valence-electron chi connectivity index (χ1n) is 8.91. The number of ether oxygens (including phenoxy) is 2. The number of nitrogens with zero attached hydrogens (tertiary/aromatic N) is 1. The van der Waals surface area contributed by atoms with Gasteiger partial charge < -0.3 is 14.4 Å². The number of halogens is 2. The van der Waals surface area contributed by atoms with Gasteiger partial charge in [0.15, 0.2) is 0 Å². The second kappa shape index (κ2) is 9.23. The highest BCUT2D eigenvalue weighted by molar-refractivity contribution is 6.35. The third-order valence-electron chi connectivity index (χ3n) is 4.64. The lowest BCUT2D eigenvalue weighted by Crippen LogP contribution is -2.45. The molecule has 2 aromatic rings. The fourth-order valence-electron chi connectivity index (χ4n) is 3.08. The lowest BCUT2D eigenvalue weighted by Gasteiger charge is -2.20. The van der Waals surface area contributed by atoms with E-state index in [2.05, 4.69) is 10.9 Å². The highest BCUT2D eigenvalue weighted by Gasteiger charge is 2.36. The number of hydrogen-bond acceptors (Lipinski definition) is 5. The van der Waals surface area contributed by atoms with Crippen LogP contribution in [0, 0.1) is 5.92 Å². The molecule has 2 N–H and O–H groups in total. The molecule has 0 spiro atoms. The zero-order valence-electron chi connectivity index (χ0n) is 16.2. The van der Waals surface area contributed by atoms with E-state index in [4.69, 9.17) is 32.7 Å². The van der Waals surface area contributed by atoms with Crippen molar-refractivity contribution in [3.05, 3.63) is 52.0 Å². The van der Waals surface area contributed by atoms with Crippen LogP contribution in [0.3, 0.4) is 0 Å². The van der Waals surface area contributed by atoms with E-state index in [1.54, 1.807) is 24.3 Å². The maximum absolute atomic E-state index is 12.5. The molecule has 1 saturated heterocycles. The molecule has 0 aromatic heterocycles. The first kappa shape index (κ1) is 21.7. The molecule has 10 heteroatoms. The quantitative estimate of drug-likeness (QED) is 0.681. The van der Waals surface area contributed by atoms with Crippen LogP contribution in [-0.2, 0) is 9.59 Å². The Morgan fingerprint density at radius 2 is 1.83 bits per heavy atom. The Kier molecular flexibility index (Phi) is 6.69. The van der Waals surface area contributed by atoms with Gasteiger partial charge in [-0.05, 0) is 30.3 Å². The van der Waals surface area contributed by atoms with E-state index in [-0.39, 0.29) is 29.5 Å². The number of methoxy groups -OCH3 is 2. The summed E-state index contributed by atoms with van der Waals surface area (Å²) in [5, 5.41) is 0.527. The SMILES string of the molecule is COc1ccc(OC)c(N2CC(C(=O)NNC(=O)c3cc(Cl)ccc3Cl)CC2=O)c1. The Labute approximate surface area is 183 Å². The van der Waals surface area contributed by atoms with E-state index in [0.717, 1.165) is 0 Å². The van der Waals surface area contributed by atoms with Gasteiger partial charge >= 0.3 is 0 Å². The van der Waals surface area contributed by atoms with Crippen LogP contribution in [0.5, 0.6) is 11.5 Å². The highest BCUT2D eigenvalue weighted by atomic mass is 35.5. The Bertz CT molecular complexity index is 998. The minimum atomic E-state index is -0.663. The predicted octanol–water partition coefficient (Wildman–Crippen LogP) is 2.82. The third kappa shape index (κ3) is 4.60. The summed E-state index contributed by atoms with van der Waals surface area (Å²) in [5.41, 5.74) is 5.26. The lowest BCUT2D eigenvalue weighted by atomic mass is 10.1. The Hall–Kier alpha value is -2.97. The van der Waals surface area contributed by atoms with Gasteiger partial charge in [-0.15, -0.1) is 0 Å². The second-order valence-corrected chi connectivity index (χ2v) is 7.35. The van der Waals surface area contributed by atoms with Gasteiger partial charge in [0.05, 0.1) is 36.4 Å². The Morgan fingerprint density at radius 3 is 2.53 bits per heavy atom. The third-order valence-corrected chi connectivity index (χ3v) is 5.21. The molecule has 1 aliphatic heterocycles. The molecule has 0 saturated carbocycles. The van der Waals surface area contributed by atoms with Crippen molar-refractivity contribution in [2.75, 3.05) is 25.7 Å². The molecule has 30 heavy (non-hydrogen) atoms. The minimum Gasteiger partial charge on any atom is -0.497 e. The van der Waals surface area contributed by atoms with Crippen LogP contribution < -0.4 is 25.2 Å². The molecular weight excluding hydrogens is 433 g/mol. The van der Waals surface area contributed by atoms with Gasteiger partial charge in [0, 0.05) is 24.1 Å². The summed E-state index contributed by atoms with van der Waals surface area (Å²) in [5.74, 6) is -0.994. The van der Waals surface area contributed by atoms with E-state index in [1.807, 2.05) is 0 Å². The minimum absolute atomic E-state index is 0.0139. The summed E-state index contributed by atoms with van der Waals surface area (Å²) in [6, 6.07) is 9.48. The molecule has 1 aliphatic rings. The van der Waals surface area contributed by atoms with Crippen molar-refractivity contribution in [1.29, 1.82) is 0 Å². The van der Waals surface area contributed by atoms with Gasteiger partial charge in [-0.3, -0.25) is 25.2 Å². The van der Waals surface area contributed by atoms with Gasteiger partial charge in [-0.1, -0.05) is 23.2 Å². The van der Waals surface area contributed by atoms with Crippen molar-refractivity contribution in [2.24, 2.45) is 5.92 Å². The van der Waals surface area contributed by atoms with E-state index < -0.39 is 17.7 Å². The first-order chi connectivity index (χ1) is 14.3. The topological polar surface area (TPSA) is 97.0 Å². The summed E-state index contributed by atoms with van der Waals surface area (Å²) >= 11 is 11.9.